The van der Waals surface area contributed by atoms with E-state index >= 15 is 0 Å². The van der Waals surface area contributed by atoms with Gasteiger partial charge in [-0.15, -0.1) is 0 Å². The third-order valence-electron chi connectivity index (χ3n) is 5.13. The monoisotopic (exact) mass is 355 g/mol. The lowest BCUT2D eigenvalue weighted by molar-refractivity contribution is 0.122. The van der Waals surface area contributed by atoms with Gasteiger partial charge in [-0.3, -0.25) is 0 Å². The van der Waals surface area contributed by atoms with Crippen molar-refractivity contribution in [3.05, 3.63) is 24.0 Å². The van der Waals surface area contributed by atoms with Crippen LogP contribution >= 0.6 is 0 Å². The van der Waals surface area contributed by atoms with Crippen molar-refractivity contribution in [2.45, 2.75) is 12.3 Å². The average Bonchev–Trinajstić information content (AvgIpc) is 3.42. The first-order valence-corrected chi connectivity index (χ1v) is 9.00. The summed E-state index contributed by atoms with van der Waals surface area (Å²) in [5, 5.41) is 4.14. The molecule has 2 aliphatic heterocycles. The number of benzene rings is 1. The van der Waals surface area contributed by atoms with Gasteiger partial charge < -0.3 is 23.5 Å². The molecular formula is C18H21N5O3. The molecule has 8 nitrogen and oxygen atoms in total. The molecule has 2 saturated heterocycles. The molecule has 0 N–H and O–H groups in total. The molecule has 4 heterocycles. The van der Waals surface area contributed by atoms with Gasteiger partial charge in [0.1, 0.15) is 0 Å². The molecule has 0 unspecified atom stereocenters. The van der Waals surface area contributed by atoms with Crippen molar-refractivity contribution in [1.82, 2.24) is 19.7 Å². The zero-order valence-electron chi connectivity index (χ0n) is 14.7. The van der Waals surface area contributed by atoms with E-state index in [4.69, 9.17) is 19.0 Å². The Labute approximate surface area is 150 Å². The average molecular weight is 355 g/mol. The van der Waals surface area contributed by atoms with Gasteiger partial charge in [0.05, 0.1) is 30.9 Å². The number of anilines is 1. The van der Waals surface area contributed by atoms with Crippen LogP contribution in [0.4, 0.5) is 5.95 Å². The Morgan fingerprint density at radius 1 is 1.08 bits per heavy atom. The maximum Gasteiger partial charge on any atom is 0.258 e. The molecule has 0 bridgehead atoms. The number of aryl methyl sites for hydroxylation is 1. The zero-order valence-corrected chi connectivity index (χ0v) is 14.7. The van der Waals surface area contributed by atoms with Gasteiger partial charge in [-0.05, 0) is 24.6 Å². The molecule has 2 aromatic heterocycles. The smallest absolute Gasteiger partial charge is 0.258 e. The van der Waals surface area contributed by atoms with E-state index in [0.29, 0.717) is 12.5 Å². The second kappa shape index (κ2) is 6.37. The van der Waals surface area contributed by atoms with Gasteiger partial charge >= 0.3 is 0 Å². The molecule has 2 aliphatic rings. The van der Waals surface area contributed by atoms with Gasteiger partial charge in [-0.1, -0.05) is 5.16 Å². The predicted octanol–water partition coefficient (Wildman–Crippen LogP) is 1.96. The maximum absolute atomic E-state index is 5.49. The third-order valence-corrected chi connectivity index (χ3v) is 5.13. The van der Waals surface area contributed by atoms with Crippen LogP contribution in [0.15, 0.2) is 22.7 Å². The van der Waals surface area contributed by atoms with Crippen LogP contribution in [0.2, 0.25) is 0 Å². The quantitative estimate of drug-likeness (QED) is 0.711. The lowest BCUT2D eigenvalue weighted by Gasteiger charge is -2.27. The fourth-order valence-electron chi connectivity index (χ4n) is 3.62. The second-order valence-electron chi connectivity index (χ2n) is 6.79. The van der Waals surface area contributed by atoms with Crippen LogP contribution in [0.25, 0.3) is 22.5 Å². The summed E-state index contributed by atoms with van der Waals surface area (Å²) in [6.45, 7) is 4.63. The van der Waals surface area contributed by atoms with E-state index in [9.17, 15) is 0 Å². The van der Waals surface area contributed by atoms with Crippen molar-refractivity contribution in [2.24, 2.45) is 7.05 Å². The van der Waals surface area contributed by atoms with Gasteiger partial charge in [-0.25, -0.2) is 4.98 Å². The van der Waals surface area contributed by atoms with Gasteiger partial charge in [0.25, 0.3) is 5.89 Å². The highest BCUT2D eigenvalue weighted by Crippen LogP contribution is 2.29. The van der Waals surface area contributed by atoms with Crippen molar-refractivity contribution in [2.75, 3.05) is 44.4 Å². The summed E-state index contributed by atoms with van der Waals surface area (Å²) in [5.74, 6) is 2.47. The lowest BCUT2D eigenvalue weighted by atomic mass is 10.1. The molecule has 0 spiro atoms. The first kappa shape index (κ1) is 15.8. The molecule has 2 fully saturated rings. The number of hydrogen-bond donors (Lipinski definition) is 0. The summed E-state index contributed by atoms with van der Waals surface area (Å²) in [6, 6.07) is 6.08. The van der Waals surface area contributed by atoms with Crippen molar-refractivity contribution in [1.29, 1.82) is 0 Å². The number of rotatable bonds is 3. The summed E-state index contributed by atoms with van der Waals surface area (Å²) in [5.41, 5.74) is 2.90. The fraction of sp³-hybridized carbons (Fsp3) is 0.500. The molecular weight excluding hydrogens is 334 g/mol. The molecule has 0 saturated carbocycles. The van der Waals surface area contributed by atoms with Crippen molar-refractivity contribution < 1.29 is 14.0 Å². The summed E-state index contributed by atoms with van der Waals surface area (Å²) in [6.07, 6.45) is 0.946. The normalized spacial score (nSPS) is 21.0. The highest BCUT2D eigenvalue weighted by atomic mass is 16.5. The minimum Gasteiger partial charge on any atom is -0.381 e. The number of morpholine rings is 1. The molecule has 26 heavy (non-hydrogen) atoms. The summed E-state index contributed by atoms with van der Waals surface area (Å²) in [7, 11) is 2.05. The van der Waals surface area contributed by atoms with E-state index in [1.807, 2.05) is 19.2 Å². The van der Waals surface area contributed by atoms with E-state index in [0.717, 1.165) is 67.7 Å². The predicted molar refractivity (Wildman–Crippen MR) is 95.2 cm³/mol. The van der Waals surface area contributed by atoms with Gasteiger partial charge in [-0.2, -0.15) is 4.98 Å². The van der Waals surface area contributed by atoms with Crippen LogP contribution in [0.3, 0.4) is 0 Å². The summed E-state index contributed by atoms with van der Waals surface area (Å²) in [4.78, 5) is 11.7. The Hall–Kier alpha value is -2.45. The molecule has 8 heteroatoms. The first-order valence-electron chi connectivity index (χ1n) is 9.00. The van der Waals surface area contributed by atoms with E-state index in [2.05, 4.69) is 25.7 Å². The zero-order chi connectivity index (χ0) is 17.5. The molecule has 1 aromatic carbocycles. The molecule has 0 aliphatic carbocycles. The minimum absolute atomic E-state index is 0.235. The van der Waals surface area contributed by atoms with Crippen LogP contribution in [0.5, 0.6) is 0 Å². The minimum atomic E-state index is 0.235. The third kappa shape index (κ3) is 2.65. The van der Waals surface area contributed by atoms with E-state index in [1.54, 1.807) is 0 Å². The van der Waals surface area contributed by atoms with Crippen molar-refractivity contribution in [3.63, 3.8) is 0 Å². The standard InChI is InChI=1S/C18H21N5O3/c1-22-15-3-2-12(17-20-16(21-26-17)13-4-7-25-11-13)10-14(15)19-18(22)23-5-8-24-9-6-23/h2-3,10,13H,4-9,11H2,1H3/t13-/m1/s1. The van der Waals surface area contributed by atoms with Crippen LogP contribution < -0.4 is 4.90 Å². The number of nitrogens with zero attached hydrogens (tertiary/aromatic N) is 5. The molecule has 1 atom stereocenters. The highest BCUT2D eigenvalue weighted by Gasteiger charge is 2.24. The first-order chi connectivity index (χ1) is 12.8. The summed E-state index contributed by atoms with van der Waals surface area (Å²) >= 11 is 0. The SMILES string of the molecule is Cn1c(N2CCOCC2)nc2cc(-c3nc([C@@H]4CCOC4)no3)ccc21. The maximum atomic E-state index is 5.49. The molecule has 136 valence electrons. The van der Waals surface area contributed by atoms with Crippen molar-refractivity contribution >= 4 is 17.0 Å². The van der Waals surface area contributed by atoms with Crippen molar-refractivity contribution in [3.8, 4) is 11.5 Å². The Bertz CT molecular complexity index is 922. The molecule has 0 radical (unpaired) electrons. The Morgan fingerprint density at radius 2 is 1.96 bits per heavy atom. The highest BCUT2D eigenvalue weighted by molar-refractivity contribution is 5.83. The number of imidazole rings is 1. The van der Waals surface area contributed by atoms with E-state index in [1.165, 1.54) is 0 Å². The topological polar surface area (TPSA) is 78.4 Å². The molecule has 5 rings (SSSR count). The second-order valence-corrected chi connectivity index (χ2v) is 6.79. The Kier molecular flexibility index (Phi) is 3.86. The van der Waals surface area contributed by atoms with Crippen LogP contribution in [0, 0.1) is 0 Å². The Morgan fingerprint density at radius 3 is 2.77 bits per heavy atom. The van der Waals surface area contributed by atoms with Crippen LogP contribution in [-0.4, -0.2) is 59.2 Å². The largest absolute Gasteiger partial charge is 0.381 e. The number of fused-ring (bicyclic) bond motifs is 1. The van der Waals surface area contributed by atoms with E-state index in [-0.39, 0.29) is 5.92 Å². The molecule has 0 amide bonds. The number of aromatic nitrogens is 4. The number of hydrogen-bond acceptors (Lipinski definition) is 7. The number of ether oxygens (including phenoxy) is 2. The fourth-order valence-corrected chi connectivity index (χ4v) is 3.62. The van der Waals surface area contributed by atoms with Gasteiger partial charge in [0.2, 0.25) is 5.95 Å². The van der Waals surface area contributed by atoms with Gasteiger partial charge in [0, 0.05) is 38.2 Å². The van der Waals surface area contributed by atoms with Gasteiger partial charge in [0.15, 0.2) is 5.82 Å². The molecule has 3 aromatic rings. The Balaban J connectivity index is 1.47. The van der Waals surface area contributed by atoms with Crippen LogP contribution in [0.1, 0.15) is 18.2 Å². The van der Waals surface area contributed by atoms with E-state index < -0.39 is 0 Å². The van der Waals surface area contributed by atoms with Crippen LogP contribution in [-0.2, 0) is 16.5 Å². The summed E-state index contributed by atoms with van der Waals surface area (Å²) < 4.78 is 18.5. The lowest BCUT2D eigenvalue weighted by Crippen LogP contribution is -2.37.